The van der Waals surface area contributed by atoms with Crippen LogP contribution in [0.25, 0.3) is 6.08 Å². The lowest BCUT2D eigenvalue weighted by Gasteiger charge is -2.04. The second kappa shape index (κ2) is 7.20. The van der Waals surface area contributed by atoms with Crippen LogP contribution < -0.4 is 4.74 Å². The summed E-state index contributed by atoms with van der Waals surface area (Å²) in [6, 6.07) is 11.0. The van der Waals surface area contributed by atoms with E-state index in [-0.39, 0.29) is 17.3 Å². The van der Waals surface area contributed by atoms with Gasteiger partial charge in [-0.2, -0.15) is 0 Å². The third-order valence-corrected chi connectivity index (χ3v) is 3.78. The number of carbonyl (C=O) groups excluding carboxylic acids is 2. The number of hydrogen-bond acceptors (Lipinski definition) is 7. The van der Waals surface area contributed by atoms with Gasteiger partial charge in [0.05, 0.1) is 4.92 Å². The lowest BCUT2D eigenvalue weighted by atomic mass is 10.1. The fraction of sp³-hybridized carbons (Fsp3) is 0.105. The van der Waals surface area contributed by atoms with Crippen LogP contribution in [0.5, 0.6) is 5.75 Å². The van der Waals surface area contributed by atoms with Gasteiger partial charge in [0.1, 0.15) is 5.75 Å². The molecule has 0 radical (unpaired) electrons. The summed E-state index contributed by atoms with van der Waals surface area (Å²) in [5.41, 5.74) is 1.26. The van der Waals surface area contributed by atoms with Gasteiger partial charge < -0.3 is 9.47 Å². The van der Waals surface area contributed by atoms with E-state index in [4.69, 9.17) is 9.47 Å². The Labute approximate surface area is 153 Å². The molecule has 0 spiro atoms. The monoisotopic (exact) mass is 366 g/mol. The summed E-state index contributed by atoms with van der Waals surface area (Å²) in [6.45, 7) is 2.85. The Hall–Kier alpha value is -3.81. The molecular formula is C19H14N2O6. The SMILES string of the molecule is CC(=O)Oc1cccc(/C=C2\N=C(c3cccc([N+](=O)[O-])c3C)OC2=O)c1. The zero-order chi connectivity index (χ0) is 19.6. The lowest BCUT2D eigenvalue weighted by molar-refractivity contribution is -0.385. The van der Waals surface area contributed by atoms with E-state index in [0.717, 1.165) is 0 Å². The van der Waals surface area contributed by atoms with E-state index in [1.54, 1.807) is 37.3 Å². The first-order chi connectivity index (χ1) is 12.8. The fourth-order valence-electron chi connectivity index (χ4n) is 2.57. The van der Waals surface area contributed by atoms with Crippen molar-refractivity contribution < 1.29 is 24.0 Å². The molecule has 8 heteroatoms. The highest BCUT2D eigenvalue weighted by Crippen LogP contribution is 2.26. The van der Waals surface area contributed by atoms with E-state index in [1.807, 2.05) is 0 Å². The van der Waals surface area contributed by atoms with Crippen LogP contribution in [-0.4, -0.2) is 22.8 Å². The third-order valence-electron chi connectivity index (χ3n) is 3.78. The van der Waals surface area contributed by atoms with E-state index in [0.29, 0.717) is 22.4 Å². The number of rotatable bonds is 4. The first-order valence-corrected chi connectivity index (χ1v) is 7.90. The van der Waals surface area contributed by atoms with Crippen LogP contribution in [0.3, 0.4) is 0 Å². The quantitative estimate of drug-likeness (QED) is 0.270. The molecule has 0 fully saturated rings. The molecule has 1 aliphatic rings. The van der Waals surface area contributed by atoms with E-state index < -0.39 is 16.9 Å². The van der Waals surface area contributed by atoms with Crippen LogP contribution in [0.2, 0.25) is 0 Å². The Balaban J connectivity index is 1.96. The minimum Gasteiger partial charge on any atom is -0.427 e. The number of ether oxygens (including phenoxy) is 2. The standard InChI is InChI=1S/C19H14N2O6/c1-11-15(7-4-8-17(11)21(24)25)18-20-16(19(23)27-18)10-13-5-3-6-14(9-13)26-12(2)22/h3-10H,1-2H3/b16-10-. The molecule has 8 nitrogen and oxygen atoms in total. The molecule has 1 heterocycles. The van der Waals surface area contributed by atoms with Crippen LogP contribution in [0.15, 0.2) is 53.2 Å². The lowest BCUT2D eigenvalue weighted by Crippen LogP contribution is -2.08. The molecule has 0 unspecified atom stereocenters. The number of carbonyl (C=O) groups is 2. The Bertz CT molecular complexity index is 1020. The summed E-state index contributed by atoms with van der Waals surface area (Å²) >= 11 is 0. The van der Waals surface area contributed by atoms with Crippen LogP contribution in [-0.2, 0) is 14.3 Å². The normalized spacial score (nSPS) is 14.7. The fourth-order valence-corrected chi connectivity index (χ4v) is 2.57. The van der Waals surface area contributed by atoms with Crippen molar-refractivity contribution in [2.24, 2.45) is 4.99 Å². The van der Waals surface area contributed by atoms with Crippen molar-refractivity contribution in [3.05, 3.63) is 75.0 Å². The molecule has 3 rings (SSSR count). The maximum Gasteiger partial charge on any atom is 0.363 e. The highest BCUT2D eigenvalue weighted by Gasteiger charge is 2.27. The highest BCUT2D eigenvalue weighted by molar-refractivity contribution is 6.13. The molecule has 0 saturated heterocycles. The van der Waals surface area contributed by atoms with Gasteiger partial charge in [0.15, 0.2) is 5.70 Å². The van der Waals surface area contributed by atoms with Crippen molar-refractivity contribution in [1.29, 1.82) is 0 Å². The molecular weight excluding hydrogens is 352 g/mol. The average Bonchev–Trinajstić information content (AvgIpc) is 2.95. The number of nitrogens with zero attached hydrogens (tertiary/aromatic N) is 2. The van der Waals surface area contributed by atoms with Gasteiger partial charge in [-0.3, -0.25) is 14.9 Å². The Kier molecular flexibility index (Phi) is 4.80. The number of cyclic esters (lactones) is 1. The van der Waals surface area contributed by atoms with Gasteiger partial charge in [-0.05, 0) is 36.8 Å². The van der Waals surface area contributed by atoms with E-state index in [2.05, 4.69) is 4.99 Å². The molecule has 0 amide bonds. The molecule has 0 N–H and O–H groups in total. The maximum absolute atomic E-state index is 12.1. The van der Waals surface area contributed by atoms with E-state index in [9.17, 15) is 19.7 Å². The van der Waals surface area contributed by atoms with Gasteiger partial charge in [0.25, 0.3) is 5.69 Å². The minimum absolute atomic E-state index is 0.00332. The maximum atomic E-state index is 12.1. The van der Waals surface area contributed by atoms with Crippen LogP contribution in [0.4, 0.5) is 5.69 Å². The summed E-state index contributed by atoms with van der Waals surface area (Å²) < 4.78 is 10.2. The van der Waals surface area contributed by atoms with Gasteiger partial charge in [-0.15, -0.1) is 0 Å². The molecule has 0 saturated carbocycles. The number of nitro groups is 1. The predicted molar refractivity (Wildman–Crippen MR) is 96.2 cm³/mol. The molecule has 0 bridgehead atoms. The molecule has 0 aromatic heterocycles. The number of nitro benzene ring substituents is 1. The Morgan fingerprint density at radius 1 is 1.26 bits per heavy atom. The first kappa shape index (κ1) is 18.0. The summed E-state index contributed by atoms with van der Waals surface area (Å²) in [5, 5.41) is 11.1. The largest absolute Gasteiger partial charge is 0.427 e. The zero-order valence-corrected chi connectivity index (χ0v) is 14.5. The average molecular weight is 366 g/mol. The molecule has 0 aliphatic carbocycles. The highest BCUT2D eigenvalue weighted by atomic mass is 16.6. The van der Waals surface area contributed by atoms with Crippen molar-refractivity contribution in [2.45, 2.75) is 13.8 Å². The van der Waals surface area contributed by atoms with Crippen LogP contribution in [0.1, 0.15) is 23.6 Å². The van der Waals surface area contributed by atoms with E-state index >= 15 is 0 Å². The first-order valence-electron chi connectivity index (χ1n) is 7.90. The number of aliphatic imine (C=N–C) groups is 1. The third kappa shape index (κ3) is 3.90. The topological polar surface area (TPSA) is 108 Å². The van der Waals surface area contributed by atoms with Crippen molar-refractivity contribution in [3.63, 3.8) is 0 Å². The van der Waals surface area contributed by atoms with Gasteiger partial charge in [-0.1, -0.05) is 18.2 Å². The smallest absolute Gasteiger partial charge is 0.363 e. The Morgan fingerprint density at radius 3 is 2.70 bits per heavy atom. The number of esters is 2. The summed E-state index contributed by atoms with van der Waals surface area (Å²) in [4.78, 5) is 37.9. The van der Waals surface area contributed by atoms with Gasteiger partial charge in [0.2, 0.25) is 5.90 Å². The second-order valence-corrected chi connectivity index (χ2v) is 5.71. The molecule has 2 aromatic rings. The minimum atomic E-state index is -0.672. The van der Waals surface area contributed by atoms with E-state index in [1.165, 1.54) is 25.1 Å². The zero-order valence-electron chi connectivity index (χ0n) is 14.5. The van der Waals surface area contributed by atoms with Gasteiger partial charge >= 0.3 is 11.9 Å². The summed E-state index contributed by atoms with van der Waals surface area (Å²) in [5.74, 6) is -0.791. The van der Waals surface area contributed by atoms with Crippen molar-refractivity contribution in [1.82, 2.24) is 0 Å². The van der Waals surface area contributed by atoms with Crippen molar-refractivity contribution >= 4 is 29.6 Å². The Morgan fingerprint density at radius 2 is 2.00 bits per heavy atom. The van der Waals surface area contributed by atoms with Crippen LogP contribution in [0, 0.1) is 17.0 Å². The van der Waals surface area contributed by atoms with Gasteiger partial charge in [-0.25, -0.2) is 9.79 Å². The van der Waals surface area contributed by atoms with Gasteiger partial charge in [0, 0.05) is 24.1 Å². The molecule has 27 heavy (non-hydrogen) atoms. The van der Waals surface area contributed by atoms with Crippen LogP contribution >= 0.6 is 0 Å². The molecule has 1 aliphatic heterocycles. The summed E-state index contributed by atoms with van der Waals surface area (Å²) in [7, 11) is 0. The summed E-state index contributed by atoms with van der Waals surface area (Å²) in [6.07, 6.45) is 1.48. The predicted octanol–water partition coefficient (Wildman–Crippen LogP) is 3.17. The second-order valence-electron chi connectivity index (χ2n) is 5.71. The molecule has 2 aromatic carbocycles. The molecule has 0 atom stereocenters. The van der Waals surface area contributed by atoms with Crippen molar-refractivity contribution in [2.75, 3.05) is 0 Å². The number of hydrogen-bond donors (Lipinski definition) is 0. The molecule has 136 valence electrons. The van der Waals surface area contributed by atoms with Crippen molar-refractivity contribution in [3.8, 4) is 5.75 Å². The number of benzene rings is 2.